The van der Waals surface area contributed by atoms with Crippen LogP contribution >= 0.6 is 0 Å². The molecule has 0 spiro atoms. The number of aromatic amines is 1. The van der Waals surface area contributed by atoms with Crippen LogP contribution in [0.4, 0.5) is 0 Å². The maximum absolute atomic E-state index is 4.71. The molecule has 156 valence electrons. The molecule has 1 N–H and O–H groups in total. The van der Waals surface area contributed by atoms with Crippen molar-refractivity contribution in [2.45, 2.75) is 33.2 Å². The summed E-state index contributed by atoms with van der Waals surface area (Å²) in [5, 5.41) is 19.0. The third-order valence-electron chi connectivity index (χ3n) is 4.95. The maximum atomic E-state index is 4.71. The van der Waals surface area contributed by atoms with Crippen molar-refractivity contribution in [1.29, 1.82) is 0 Å². The summed E-state index contributed by atoms with van der Waals surface area (Å²) in [6, 6.07) is 16.7. The SMILES string of the molecule is C/C=C/Cc1nc(C/C=C/C)n(Cc2ccc(-c3cccc(-c4nn[nH]n4)c3)cc2)n1. The van der Waals surface area contributed by atoms with E-state index in [4.69, 9.17) is 10.1 Å². The van der Waals surface area contributed by atoms with E-state index in [1.165, 1.54) is 5.56 Å². The Morgan fingerprint density at radius 1 is 0.903 bits per heavy atom. The molecule has 0 saturated heterocycles. The molecule has 0 aliphatic heterocycles. The molecule has 0 aliphatic carbocycles. The van der Waals surface area contributed by atoms with Crippen LogP contribution in [-0.4, -0.2) is 35.4 Å². The van der Waals surface area contributed by atoms with Gasteiger partial charge in [0.2, 0.25) is 5.82 Å². The minimum atomic E-state index is 0.590. The van der Waals surface area contributed by atoms with Crippen LogP contribution in [0.5, 0.6) is 0 Å². The van der Waals surface area contributed by atoms with Gasteiger partial charge in [-0.2, -0.15) is 10.3 Å². The monoisotopic (exact) mass is 411 g/mol. The summed E-state index contributed by atoms with van der Waals surface area (Å²) in [6.07, 6.45) is 9.79. The Morgan fingerprint density at radius 2 is 1.68 bits per heavy atom. The third kappa shape index (κ3) is 5.01. The predicted octanol–water partition coefficient (Wildman–Crippen LogP) is 4.41. The van der Waals surface area contributed by atoms with E-state index in [-0.39, 0.29) is 0 Å². The topological polar surface area (TPSA) is 85.2 Å². The molecule has 0 amide bonds. The summed E-state index contributed by atoms with van der Waals surface area (Å²) in [6.45, 7) is 4.73. The molecule has 0 unspecified atom stereocenters. The Hall–Kier alpha value is -3.87. The predicted molar refractivity (Wildman–Crippen MR) is 121 cm³/mol. The van der Waals surface area contributed by atoms with Gasteiger partial charge < -0.3 is 0 Å². The lowest BCUT2D eigenvalue weighted by molar-refractivity contribution is 0.645. The number of rotatable bonds is 8. The highest BCUT2D eigenvalue weighted by Gasteiger charge is 2.10. The molecule has 31 heavy (non-hydrogen) atoms. The average Bonchev–Trinajstić information content (AvgIpc) is 3.47. The van der Waals surface area contributed by atoms with Gasteiger partial charge in [0.05, 0.1) is 6.54 Å². The molecule has 0 radical (unpaired) electrons. The lowest BCUT2D eigenvalue weighted by Gasteiger charge is -2.07. The molecular weight excluding hydrogens is 386 g/mol. The van der Waals surface area contributed by atoms with Crippen LogP contribution in [0.3, 0.4) is 0 Å². The maximum Gasteiger partial charge on any atom is 0.204 e. The van der Waals surface area contributed by atoms with Gasteiger partial charge in [0, 0.05) is 18.4 Å². The number of nitrogens with zero attached hydrogens (tertiary/aromatic N) is 6. The summed E-state index contributed by atoms with van der Waals surface area (Å²) in [4.78, 5) is 4.71. The van der Waals surface area contributed by atoms with Gasteiger partial charge in [-0.15, -0.1) is 10.2 Å². The highest BCUT2D eigenvalue weighted by atomic mass is 15.5. The number of nitrogens with one attached hydrogen (secondary N) is 1. The zero-order valence-electron chi connectivity index (χ0n) is 17.7. The number of H-pyrrole nitrogens is 1. The van der Waals surface area contributed by atoms with Crippen LogP contribution in [0.15, 0.2) is 72.8 Å². The van der Waals surface area contributed by atoms with Crippen LogP contribution < -0.4 is 0 Å². The van der Waals surface area contributed by atoms with Crippen molar-refractivity contribution in [3.8, 4) is 22.5 Å². The standard InChI is InChI=1S/C24H25N7/c1-3-5-10-22-25-23(11-6-4-2)31(28-22)17-18-12-14-19(15-13-18)20-8-7-9-21(16-20)24-26-29-30-27-24/h3-9,12-16H,10-11,17H2,1-2H3,(H,26,27,29,30)/b5-3+,6-4+. The second-order valence-corrected chi connectivity index (χ2v) is 7.16. The molecule has 4 aromatic rings. The summed E-state index contributed by atoms with van der Waals surface area (Å²) in [5.74, 6) is 2.43. The van der Waals surface area contributed by atoms with E-state index in [1.807, 2.05) is 42.8 Å². The van der Waals surface area contributed by atoms with Crippen molar-refractivity contribution in [2.75, 3.05) is 0 Å². The minimum Gasteiger partial charge on any atom is -0.245 e. The molecule has 4 rings (SSSR count). The zero-order valence-corrected chi connectivity index (χ0v) is 17.7. The summed E-state index contributed by atoms with van der Waals surface area (Å²) in [7, 11) is 0. The van der Waals surface area contributed by atoms with Crippen molar-refractivity contribution >= 4 is 0 Å². The molecule has 2 aromatic heterocycles. The Morgan fingerprint density at radius 3 is 2.42 bits per heavy atom. The Bertz CT molecular complexity index is 1170. The van der Waals surface area contributed by atoms with Gasteiger partial charge in [0.25, 0.3) is 0 Å². The highest BCUT2D eigenvalue weighted by Crippen LogP contribution is 2.24. The highest BCUT2D eigenvalue weighted by molar-refractivity contribution is 5.70. The number of allylic oxidation sites excluding steroid dienone is 4. The Labute approximate surface area is 181 Å². The quantitative estimate of drug-likeness (QED) is 0.434. The number of hydrogen-bond acceptors (Lipinski definition) is 5. The van der Waals surface area contributed by atoms with Gasteiger partial charge in [-0.3, -0.25) is 0 Å². The van der Waals surface area contributed by atoms with Crippen molar-refractivity contribution < 1.29 is 0 Å². The largest absolute Gasteiger partial charge is 0.245 e. The molecule has 2 heterocycles. The van der Waals surface area contributed by atoms with E-state index >= 15 is 0 Å². The van der Waals surface area contributed by atoms with Gasteiger partial charge in [-0.05, 0) is 41.8 Å². The molecule has 0 aliphatic rings. The number of benzene rings is 2. The van der Waals surface area contributed by atoms with E-state index in [2.05, 4.69) is 69.2 Å². The number of hydrogen-bond donors (Lipinski definition) is 1. The van der Waals surface area contributed by atoms with E-state index in [0.717, 1.165) is 41.2 Å². The Balaban J connectivity index is 1.54. The van der Waals surface area contributed by atoms with Crippen molar-refractivity contribution in [3.05, 3.63) is 90.0 Å². The molecule has 7 nitrogen and oxygen atoms in total. The van der Waals surface area contributed by atoms with Crippen molar-refractivity contribution in [2.24, 2.45) is 0 Å². The molecule has 7 heteroatoms. The zero-order chi connectivity index (χ0) is 21.5. The fourth-order valence-electron chi connectivity index (χ4n) is 3.33. The van der Waals surface area contributed by atoms with Gasteiger partial charge in [0.15, 0.2) is 5.82 Å². The van der Waals surface area contributed by atoms with E-state index in [9.17, 15) is 0 Å². The van der Waals surface area contributed by atoms with E-state index in [0.29, 0.717) is 12.4 Å². The second-order valence-electron chi connectivity index (χ2n) is 7.16. The molecule has 0 saturated carbocycles. The number of tetrazole rings is 1. The normalized spacial score (nSPS) is 11.7. The molecule has 0 fully saturated rings. The fourth-order valence-corrected chi connectivity index (χ4v) is 3.33. The lowest BCUT2D eigenvalue weighted by atomic mass is 10.0. The second kappa shape index (κ2) is 9.75. The smallest absolute Gasteiger partial charge is 0.204 e. The first-order valence-corrected chi connectivity index (χ1v) is 10.3. The van der Waals surface area contributed by atoms with Crippen LogP contribution in [-0.2, 0) is 19.4 Å². The lowest BCUT2D eigenvalue weighted by Crippen LogP contribution is -2.06. The van der Waals surface area contributed by atoms with Crippen molar-refractivity contribution in [1.82, 2.24) is 35.4 Å². The van der Waals surface area contributed by atoms with Gasteiger partial charge in [-0.25, -0.2) is 9.67 Å². The summed E-state index contributed by atoms with van der Waals surface area (Å²) >= 11 is 0. The first-order valence-electron chi connectivity index (χ1n) is 10.3. The number of aromatic nitrogens is 7. The molecule has 2 aromatic carbocycles. The molecular formula is C24H25N7. The van der Waals surface area contributed by atoms with Gasteiger partial charge in [0.1, 0.15) is 5.82 Å². The van der Waals surface area contributed by atoms with Crippen LogP contribution in [0, 0.1) is 0 Å². The summed E-state index contributed by atoms with van der Waals surface area (Å²) < 4.78 is 2.00. The van der Waals surface area contributed by atoms with Crippen LogP contribution in [0.25, 0.3) is 22.5 Å². The summed E-state index contributed by atoms with van der Waals surface area (Å²) in [5.41, 5.74) is 4.36. The van der Waals surface area contributed by atoms with E-state index < -0.39 is 0 Å². The van der Waals surface area contributed by atoms with Gasteiger partial charge in [-0.1, -0.05) is 66.8 Å². The Kier molecular flexibility index (Phi) is 6.42. The van der Waals surface area contributed by atoms with Crippen molar-refractivity contribution in [3.63, 3.8) is 0 Å². The third-order valence-corrected chi connectivity index (χ3v) is 4.95. The minimum absolute atomic E-state index is 0.590. The van der Waals surface area contributed by atoms with Crippen LogP contribution in [0.2, 0.25) is 0 Å². The average molecular weight is 412 g/mol. The first kappa shape index (κ1) is 20.4. The van der Waals surface area contributed by atoms with Crippen LogP contribution in [0.1, 0.15) is 31.1 Å². The molecule has 0 bridgehead atoms. The first-order chi connectivity index (χ1) is 15.3. The van der Waals surface area contributed by atoms with E-state index in [1.54, 1.807) is 0 Å². The van der Waals surface area contributed by atoms with Gasteiger partial charge >= 0.3 is 0 Å². The fraction of sp³-hybridized carbons (Fsp3) is 0.208. The molecule has 0 atom stereocenters.